The van der Waals surface area contributed by atoms with Crippen molar-refractivity contribution in [2.45, 2.75) is 13.3 Å². The fourth-order valence-corrected chi connectivity index (χ4v) is 3.06. The monoisotopic (exact) mass is 342 g/mol. The van der Waals surface area contributed by atoms with E-state index >= 15 is 0 Å². The Hall–Kier alpha value is -3.09. The van der Waals surface area contributed by atoms with Crippen LogP contribution in [-0.4, -0.2) is 31.6 Å². The molecule has 0 bridgehead atoms. The van der Waals surface area contributed by atoms with E-state index in [2.05, 4.69) is 0 Å². The molecular formula is C18H18N2O5. The number of anilines is 1. The summed E-state index contributed by atoms with van der Waals surface area (Å²) in [5, 5.41) is 11.0. The van der Waals surface area contributed by atoms with Crippen molar-refractivity contribution in [3.05, 3.63) is 57.1 Å². The zero-order valence-electron chi connectivity index (χ0n) is 14.2. The predicted octanol–water partition coefficient (Wildman–Crippen LogP) is 3.12. The average Bonchev–Trinajstić information content (AvgIpc) is 3.04. The quantitative estimate of drug-likeness (QED) is 0.630. The van der Waals surface area contributed by atoms with Crippen molar-refractivity contribution in [2.75, 3.05) is 25.7 Å². The first-order valence-corrected chi connectivity index (χ1v) is 7.78. The normalized spacial score (nSPS) is 12.7. The molecule has 1 aliphatic heterocycles. The molecule has 0 aliphatic carbocycles. The molecule has 0 unspecified atom stereocenters. The Morgan fingerprint density at radius 3 is 2.36 bits per heavy atom. The van der Waals surface area contributed by atoms with E-state index < -0.39 is 4.92 Å². The predicted molar refractivity (Wildman–Crippen MR) is 92.8 cm³/mol. The molecule has 2 aromatic carbocycles. The summed E-state index contributed by atoms with van der Waals surface area (Å²) in [6, 6.07) is 7.94. The lowest BCUT2D eigenvalue weighted by molar-refractivity contribution is -0.384. The number of nitrogens with zero attached hydrogens (tertiary/aromatic N) is 2. The Balaban J connectivity index is 2.01. The van der Waals surface area contributed by atoms with Crippen LogP contribution in [-0.2, 0) is 6.42 Å². The van der Waals surface area contributed by atoms with E-state index in [1.54, 1.807) is 23.1 Å². The number of methoxy groups -OCH3 is 2. The van der Waals surface area contributed by atoms with Crippen LogP contribution in [0.15, 0.2) is 30.3 Å². The summed E-state index contributed by atoms with van der Waals surface area (Å²) in [5.74, 6) is 0.873. The molecule has 1 heterocycles. The molecule has 2 aromatic rings. The fraction of sp³-hybridized carbons (Fsp3) is 0.278. The van der Waals surface area contributed by atoms with Crippen LogP contribution in [0.1, 0.15) is 21.5 Å². The van der Waals surface area contributed by atoms with Gasteiger partial charge in [-0.1, -0.05) is 6.07 Å². The van der Waals surface area contributed by atoms with Crippen LogP contribution in [0.2, 0.25) is 0 Å². The number of ether oxygens (including phenoxy) is 2. The summed E-state index contributed by atoms with van der Waals surface area (Å²) in [4.78, 5) is 25.1. The molecule has 0 radical (unpaired) electrons. The molecule has 130 valence electrons. The minimum Gasteiger partial charge on any atom is -0.496 e. The van der Waals surface area contributed by atoms with Crippen molar-refractivity contribution in [3.8, 4) is 11.5 Å². The lowest BCUT2D eigenvalue weighted by Crippen LogP contribution is -2.29. The lowest BCUT2D eigenvalue weighted by atomic mass is 10.1. The second kappa shape index (κ2) is 6.43. The Kier molecular flexibility index (Phi) is 4.31. The highest BCUT2D eigenvalue weighted by Gasteiger charge is 2.28. The lowest BCUT2D eigenvalue weighted by Gasteiger charge is -2.19. The van der Waals surface area contributed by atoms with E-state index in [1.807, 2.05) is 6.92 Å². The van der Waals surface area contributed by atoms with Crippen LogP contribution in [0.4, 0.5) is 11.4 Å². The second-order valence-electron chi connectivity index (χ2n) is 5.78. The van der Waals surface area contributed by atoms with E-state index in [0.29, 0.717) is 35.7 Å². The first kappa shape index (κ1) is 16.8. The van der Waals surface area contributed by atoms with Crippen molar-refractivity contribution in [3.63, 3.8) is 0 Å². The van der Waals surface area contributed by atoms with Crippen LogP contribution in [0.5, 0.6) is 11.5 Å². The van der Waals surface area contributed by atoms with E-state index in [4.69, 9.17) is 9.47 Å². The maximum absolute atomic E-state index is 13.0. The number of benzene rings is 2. The van der Waals surface area contributed by atoms with Gasteiger partial charge in [0, 0.05) is 29.8 Å². The maximum Gasteiger partial charge on any atom is 0.271 e. The van der Waals surface area contributed by atoms with Gasteiger partial charge >= 0.3 is 0 Å². The molecule has 0 spiro atoms. The molecule has 1 aliphatic rings. The van der Waals surface area contributed by atoms with Gasteiger partial charge in [-0.2, -0.15) is 0 Å². The molecule has 0 fully saturated rings. The van der Waals surface area contributed by atoms with Crippen molar-refractivity contribution >= 4 is 17.3 Å². The molecule has 3 rings (SSSR count). The molecule has 0 aromatic heterocycles. The molecule has 0 saturated heterocycles. The number of nitro groups is 1. The highest BCUT2D eigenvalue weighted by atomic mass is 16.6. The molecule has 1 amide bonds. The van der Waals surface area contributed by atoms with Gasteiger partial charge in [-0.25, -0.2) is 0 Å². The number of hydrogen-bond acceptors (Lipinski definition) is 5. The molecule has 0 atom stereocenters. The number of rotatable bonds is 4. The molecular weight excluding hydrogens is 324 g/mol. The van der Waals surface area contributed by atoms with Crippen molar-refractivity contribution < 1.29 is 19.2 Å². The van der Waals surface area contributed by atoms with E-state index in [0.717, 1.165) is 11.1 Å². The molecule has 0 saturated carbocycles. The number of fused-ring (bicyclic) bond motifs is 1. The smallest absolute Gasteiger partial charge is 0.271 e. The minimum absolute atomic E-state index is 0.0301. The first-order chi connectivity index (χ1) is 12.0. The van der Waals surface area contributed by atoms with Gasteiger partial charge in [-0.15, -0.1) is 0 Å². The Morgan fingerprint density at radius 1 is 1.16 bits per heavy atom. The summed E-state index contributed by atoms with van der Waals surface area (Å²) >= 11 is 0. The van der Waals surface area contributed by atoms with E-state index in [1.165, 1.54) is 26.4 Å². The number of nitro benzene ring substituents is 1. The number of non-ortho nitro benzene ring substituents is 1. The number of hydrogen-bond donors (Lipinski definition) is 0. The van der Waals surface area contributed by atoms with Crippen LogP contribution >= 0.6 is 0 Å². The van der Waals surface area contributed by atoms with Gasteiger partial charge in [0.25, 0.3) is 11.6 Å². The van der Waals surface area contributed by atoms with E-state index in [9.17, 15) is 14.9 Å². The molecule has 25 heavy (non-hydrogen) atoms. The van der Waals surface area contributed by atoms with Crippen molar-refractivity contribution in [1.82, 2.24) is 0 Å². The van der Waals surface area contributed by atoms with Crippen LogP contribution in [0.25, 0.3) is 0 Å². The van der Waals surface area contributed by atoms with Gasteiger partial charge in [0.1, 0.15) is 11.5 Å². The zero-order valence-corrected chi connectivity index (χ0v) is 14.2. The molecule has 7 nitrogen and oxygen atoms in total. The van der Waals surface area contributed by atoms with Crippen LogP contribution < -0.4 is 14.4 Å². The fourth-order valence-electron chi connectivity index (χ4n) is 3.06. The molecule has 0 N–H and O–H groups in total. The Labute approximate surface area is 144 Å². The third-order valence-electron chi connectivity index (χ3n) is 4.42. The third kappa shape index (κ3) is 2.88. The number of carbonyl (C=O) groups is 1. The summed E-state index contributed by atoms with van der Waals surface area (Å²) in [6.07, 6.45) is 0.666. The van der Waals surface area contributed by atoms with Crippen LogP contribution in [0.3, 0.4) is 0 Å². The van der Waals surface area contributed by atoms with Gasteiger partial charge in [-0.3, -0.25) is 14.9 Å². The second-order valence-corrected chi connectivity index (χ2v) is 5.78. The van der Waals surface area contributed by atoms with Crippen molar-refractivity contribution in [1.29, 1.82) is 0 Å². The highest BCUT2D eigenvalue weighted by Crippen LogP contribution is 2.35. The van der Waals surface area contributed by atoms with Gasteiger partial charge in [0.15, 0.2) is 0 Å². The highest BCUT2D eigenvalue weighted by molar-refractivity contribution is 6.08. The largest absolute Gasteiger partial charge is 0.496 e. The van der Waals surface area contributed by atoms with Gasteiger partial charge in [0.2, 0.25) is 0 Å². The summed E-state index contributed by atoms with van der Waals surface area (Å²) in [7, 11) is 3.06. The topological polar surface area (TPSA) is 81.9 Å². The van der Waals surface area contributed by atoms with Gasteiger partial charge in [0.05, 0.1) is 24.8 Å². The van der Waals surface area contributed by atoms with Crippen LogP contribution in [0, 0.1) is 17.0 Å². The van der Waals surface area contributed by atoms with Gasteiger partial charge < -0.3 is 14.4 Å². The summed E-state index contributed by atoms with van der Waals surface area (Å²) < 4.78 is 10.6. The summed E-state index contributed by atoms with van der Waals surface area (Å²) in [5.41, 5.74) is 2.69. The molecule has 7 heteroatoms. The van der Waals surface area contributed by atoms with E-state index in [-0.39, 0.29) is 11.6 Å². The third-order valence-corrected chi connectivity index (χ3v) is 4.42. The zero-order chi connectivity index (χ0) is 18.1. The Bertz CT molecular complexity index is 838. The van der Waals surface area contributed by atoms with Crippen molar-refractivity contribution in [2.24, 2.45) is 0 Å². The SMILES string of the molecule is COc1cc(C(=O)N2CCc3ccc([N+](=O)[O-])cc32)cc(OC)c1C. The van der Waals surface area contributed by atoms with Gasteiger partial charge in [-0.05, 0) is 31.0 Å². The first-order valence-electron chi connectivity index (χ1n) is 7.78. The minimum atomic E-state index is -0.459. The average molecular weight is 342 g/mol. The standard InChI is InChI=1S/C18H18N2O5/c1-11-16(24-2)8-13(9-17(11)25-3)18(21)19-7-6-12-4-5-14(20(22)23)10-15(12)19/h4-5,8-10H,6-7H2,1-3H3. The summed E-state index contributed by atoms with van der Waals surface area (Å²) in [6.45, 7) is 2.33. The Morgan fingerprint density at radius 2 is 1.80 bits per heavy atom. The maximum atomic E-state index is 13.0. The number of carbonyl (C=O) groups excluding carboxylic acids is 1. The number of amides is 1.